The van der Waals surface area contributed by atoms with Crippen molar-refractivity contribution in [2.75, 3.05) is 0 Å². The third-order valence-corrected chi connectivity index (χ3v) is 2.10. The van der Waals surface area contributed by atoms with Crippen molar-refractivity contribution in [3.63, 3.8) is 0 Å². The largest absolute Gasteiger partial charge is 0.261 e. The lowest BCUT2D eigenvalue weighted by molar-refractivity contribution is 0.638. The number of hydrogen-bond donors (Lipinski definition) is 0. The van der Waals surface area contributed by atoms with E-state index >= 15 is 0 Å². The van der Waals surface area contributed by atoms with Crippen molar-refractivity contribution in [1.29, 1.82) is 0 Å². The standard InChI is InChI=1S/C12H19N/c1-4-6-12-11(9-10(2)3)7-5-8-13-12/h5,7-8,10H,4,6,9H2,1-3H3. The normalized spacial score (nSPS) is 10.8. The van der Waals surface area contributed by atoms with Crippen LogP contribution in [-0.4, -0.2) is 4.98 Å². The maximum absolute atomic E-state index is 4.42. The zero-order valence-corrected chi connectivity index (χ0v) is 8.88. The maximum atomic E-state index is 4.42. The summed E-state index contributed by atoms with van der Waals surface area (Å²) in [6.07, 6.45) is 5.35. The van der Waals surface area contributed by atoms with Crippen LogP contribution >= 0.6 is 0 Å². The highest BCUT2D eigenvalue weighted by atomic mass is 14.7. The molecule has 0 aromatic carbocycles. The average Bonchev–Trinajstić information content (AvgIpc) is 2.08. The molecule has 0 N–H and O–H groups in total. The molecule has 0 spiro atoms. The molecule has 1 aromatic rings. The highest BCUT2D eigenvalue weighted by Gasteiger charge is 2.03. The summed E-state index contributed by atoms with van der Waals surface area (Å²) in [4.78, 5) is 4.42. The number of rotatable bonds is 4. The van der Waals surface area contributed by atoms with E-state index in [9.17, 15) is 0 Å². The first kappa shape index (κ1) is 10.2. The Morgan fingerprint density at radius 3 is 2.77 bits per heavy atom. The van der Waals surface area contributed by atoms with Crippen LogP contribution in [0.2, 0.25) is 0 Å². The second kappa shape index (κ2) is 5.00. The van der Waals surface area contributed by atoms with Crippen molar-refractivity contribution in [1.82, 2.24) is 4.98 Å². The summed E-state index contributed by atoms with van der Waals surface area (Å²) in [7, 11) is 0. The first-order valence-electron chi connectivity index (χ1n) is 5.16. The van der Waals surface area contributed by atoms with Gasteiger partial charge in [0.25, 0.3) is 0 Å². The molecule has 0 aliphatic carbocycles. The van der Waals surface area contributed by atoms with Crippen molar-refractivity contribution in [2.45, 2.75) is 40.0 Å². The Morgan fingerprint density at radius 2 is 2.15 bits per heavy atom. The quantitative estimate of drug-likeness (QED) is 0.688. The fraction of sp³-hybridized carbons (Fsp3) is 0.583. The van der Waals surface area contributed by atoms with E-state index in [1.165, 1.54) is 17.7 Å². The molecule has 0 atom stereocenters. The summed E-state index contributed by atoms with van der Waals surface area (Å²) in [6, 6.07) is 4.24. The molecule has 0 bridgehead atoms. The lowest BCUT2D eigenvalue weighted by atomic mass is 10.00. The molecule has 1 nitrogen and oxygen atoms in total. The second-order valence-electron chi connectivity index (χ2n) is 3.96. The molecule has 1 rings (SSSR count). The van der Waals surface area contributed by atoms with E-state index in [0.717, 1.165) is 18.8 Å². The van der Waals surface area contributed by atoms with E-state index < -0.39 is 0 Å². The summed E-state index contributed by atoms with van der Waals surface area (Å²) in [6.45, 7) is 6.71. The van der Waals surface area contributed by atoms with Gasteiger partial charge >= 0.3 is 0 Å². The van der Waals surface area contributed by atoms with Gasteiger partial charge in [-0.1, -0.05) is 33.3 Å². The fourth-order valence-electron chi connectivity index (χ4n) is 1.56. The van der Waals surface area contributed by atoms with Gasteiger partial charge in [-0.3, -0.25) is 4.98 Å². The van der Waals surface area contributed by atoms with Gasteiger partial charge < -0.3 is 0 Å². The van der Waals surface area contributed by atoms with E-state index in [4.69, 9.17) is 0 Å². The zero-order valence-electron chi connectivity index (χ0n) is 8.88. The maximum Gasteiger partial charge on any atom is 0.0435 e. The van der Waals surface area contributed by atoms with Gasteiger partial charge in [-0.15, -0.1) is 0 Å². The van der Waals surface area contributed by atoms with E-state index in [2.05, 4.69) is 31.8 Å². The third-order valence-electron chi connectivity index (χ3n) is 2.10. The minimum Gasteiger partial charge on any atom is -0.261 e. The summed E-state index contributed by atoms with van der Waals surface area (Å²) in [5.74, 6) is 0.722. The van der Waals surface area contributed by atoms with Gasteiger partial charge in [0, 0.05) is 11.9 Å². The Hall–Kier alpha value is -0.850. The predicted molar refractivity (Wildman–Crippen MR) is 56.8 cm³/mol. The van der Waals surface area contributed by atoms with Crippen molar-refractivity contribution in [3.05, 3.63) is 29.6 Å². The molecule has 0 aliphatic heterocycles. The van der Waals surface area contributed by atoms with Crippen LogP contribution in [0, 0.1) is 5.92 Å². The summed E-state index contributed by atoms with van der Waals surface area (Å²) >= 11 is 0. The van der Waals surface area contributed by atoms with Crippen LogP contribution in [-0.2, 0) is 12.8 Å². The SMILES string of the molecule is CCCc1ncccc1CC(C)C. The van der Waals surface area contributed by atoms with Gasteiger partial charge in [-0.25, -0.2) is 0 Å². The first-order chi connectivity index (χ1) is 6.24. The Balaban J connectivity index is 2.78. The van der Waals surface area contributed by atoms with Gasteiger partial charge in [0.15, 0.2) is 0 Å². The molecule has 0 amide bonds. The minimum atomic E-state index is 0.722. The van der Waals surface area contributed by atoms with Crippen LogP contribution in [0.5, 0.6) is 0 Å². The van der Waals surface area contributed by atoms with Crippen molar-refractivity contribution in [3.8, 4) is 0 Å². The number of aryl methyl sites for hydroxylation is 1. The average molecular weight is 177 g/mol. The number of nitrogens with zero attached hydrogens (tertiary/aromatic N) is 1. The smallest absolute Gasteiger partial charge is 0.0435 e. The van der Waals surface area contributed by atoms with Gasteiger partial charge in [-0.05, 0) is 30.4 Å². The van der Waals surface area contributed by atoms with Crippen molar-refractivity contribution >= 4 is 0 Å². The predicted octanol–water partition coefficient (Wildman–Crippen LogP) is 3.23. The van der Waals surface area contributed by atoms with Gasteiger partial charge in [0.2, 0.25) is 0 Å². The second-order valence-corrected chi connectivity index (χ2v) is 3.96. The molecule has 0 radical (unpaired) electrons. The zero-order chi connectivity index (χ0) is 9.68. The number of pyridine rings is 1. The molecule has 1 heterocycles. The monoisotopic (exact) mass is 177 g/mol. The minimum absolute atomic E-state index is 0.722. The third kappa shape index (κ3) is 3.17. The van der Waals surface area contributed by atoms with Crippen LogP contribution in [0.1, 0.15) is 38.4 Å². The van der Waals surface area contributed by atoms with Gasteiger partial charge in [0.1, 0.15) is 0 Å². The Morgan fingerprint density at radius 1 is 1.38 bits per heavy atom. The first-order valence-corrected chi connectivity index (χ1v) is 5.16. The molecule has 0 unspecified atom stereocenters. The van der Waals surface area contributed by atoms with Crippen molar-refractivity contribution < 1.29 is 0 Å². The van der Waals surface area contributed by atoms with E-state index in [1.54, 1.807) is 0 Å². The summed E-state index contributed by atoms with van der Waals surface area (Å²) < 4.78 is 0. The summed E-state index contributed by atoms with van der Waals surface area (Å²) in [5, 5.41) is 0. The van der Waals surface area contributed by atoms with Crippen LogP contribution in [0.15, 0.2) is 18.3 Å². The Bertz CT molecular complexity index is 253. The molecule has 72 valence electrons. The van der Waals surface area contributed by atoms with Gasteiger partial charge in [0.05, 0.1) is 0 Å². The lowest BCUT2D eigenvalue weighted by Gasteiger charge is -2.09. The Kier molecular flexibility index (Phi) is 3.94. The van der Waals surface area contributed by atoms with Crippen molar-refractivity contribution in [2.24, 2.45) is 5.92 Å². The molecule has 0 saturated heterocycles. The van der Waals surface area contributed by atoms with Crippen LogP contribution in [0.4, 0.5) is 0 Å². The Labute approximate surface area is 81.2 Å². The van der Waals surface area contributed by atoms with Crippen LogP contribution < -0.4 is 0 Å². The highest BCUT2D eigenvalue weighted by molar-refractivity contribution is 5.20. The summed E-state index contributed by atoms with van der Waals surface area (Å²) in [5.41, 5.74) is 2.72. The molecular weight excluding hydrogens is 158 g/mol. The van der Waals surface area contributed by atoms with Crippen LogP contribution in [0.25, 0.3) is 0 Å². The number of hydrogen-bond acceptors (Lipinski definition) is 1. The number of aromatic nitrogens is 1. The van der Waals surface area contributed by atoms with Gasteiger partial charge in [-0.2, -0.15) is 0 Å². The molecule has 0 saturated carbocycles. The van der Waals surface area contributed by atoms with E-state index in [1.807, 2.05) is 12.3 Å². The molecule has 1 aromatic heterocycles. The fourth-order valence-corrected chi connectivity index (χ4v) is 1.56. The molecular formula is C12H19N. The van der Waals surface area contributed by atoms with Crippen LogP contribution in [0.3, 0.4) is 0 Å². The molecule has 0 aliphatic rings. The molecule has 0 fully saturated rings. The molecule has 13 heavy (non-hydrogen) atoms. The van der Waals surface area contributed by atoms with E-state index in [-0.39, 0.29) is 0 Å². The molecule has 1 heteroatoms. The lowest BCUT2D eigenvalue weighted by Crippen LogP contribution is -2.01. The highest BCUT2D eigenvalue weighted by Crippen LogP contribution is 2.12. The topological polar surface area (TPSA) is 12.9 Å². The van der Waals surface area contributed by atoms with E-state index in [0.29, 0.717) is 0 Å².